The zero-order chi connectivity index (χ0) is 28.1. The van der Waals surface area contributed by atoms with Gasteiger partial charge in [-0.25, -0.2) is 8.42 Å². The number of hydrogen-bond acceptors (Lipinski definition) is 6. The summed E-state index contributed by atoms with van der Waals surface area (Å²) in [5, 5.41) is 0.0114. The molecule has 0 aromatic heterocycles. The minimum absolute atomic E-state index is 0.0114. The van der Waals surface area contributed by atoms with Crippen LogP contribution in [0, 0.1) is 5.92 Å². The van der Waals surface area contributed by atoms with Crippen molar-refractivity contribution in [3.8, 4) is 5.75 Å². The molecule has 3 aromatic rings. The second-order valence-electron chi connectivity index (χ2n) is 10.2. The fraction of sp³-hybridized carbons (Fsp3) is 0.290. The van der Waals surface area contributed by atoms with Crippen molar-refractivity contribution in [1.29, 1.82) is 0 Å². The van der Waals surface area contributed by atoms with Gasteiger partial charge in [-0.3, -0.25) is 9.10 Å². The molecule has 40 heavy (non-hydrogen) atoms. The largest absolute Gasteiger partial charge is 0.497 e. The Kier molecular flexibility index (Phi) is 7.01. The van der Waals surface area contributed by atoms with E-state index in [0.29, 0.717) is 36.6 Å². The number of benzene rings is 3. The first kappa shape index (κ1) is 27.1. The molecule has 9 heteroatoms. The molecule has 3 aromatic carbocycles. The SMILES string of the molecule is CCSC(=O)[C@@H]1CC=C2N(Cc3ccccc3)C(=S)C[C@@]23c2ccccc2N(S(=O)(=O)c2ccc(OC)cc2)[C@@H]13. The number of fused-ring (bicyclic) bond motifs is 1. The first-order valence-corrected chi connectivity index (χ1v) is 16.2. The van der Waals surface area contributed by atoms with E-state index in [9.17, 15) is 13.2 Å². The molecule has 1 spiro atoms. The normalized spacial score (nSPS) is 23.4. The summed E-state index contributed by atoms with van der Waals surface area (Å²) in [4.78, 5) is 16.7. The zero-order valence-corrected chi connectivity index (χ0v) is 24.8. The summed E-state index contributed by atoms with van der Waals surface area (Å²) in [6.45, 7) is 2.54. The number of likely N-dealkylation sites (tertiary alicyclic amines) is 1. The van der Waals surface area contributed by atoms with Gasteiger partial charge in [-0.1, -0.05) is 85.5 Å². The van der Waals surface area contributed by atoms with Gasteiger partial charge in [0.15, 0.2) is 5.12 Å². The highest BCUT2D eigenvalue weighted by molar-refractivity contribution is 8.13. The van der Waals surface area contributed by atoms with Crippen molar-refractivity contribution in [1.82, 2.24) is 4.90 Å². The Hall–Kier alpha value is -3.14. The first-order chi connectivity index (χ1) is 19.3. The van der Waals surface area contributed by atoms with Gasteiger partial charge in [0, 0.05) is 18.7 Å². The quantitative estimate of drug-likeness (QED) is 0.316. The Morgan fingerprint density at radius 3 is 2.45 bits per heavy atom. The van der Waals surface area contributed by atoms with E-state index in [1.807, 2.05) is 49.4 Å². The molecule has 3 atom stereocenters. The lowest BCUT2D eigenvalue weighted by Gasteiger charge is -2.44. The van der Waals surface area contributed by atoms with Crippen LogP contribution < -0.4 is 9.04 Å². The molecule has 0 saturated carbocycles. The topological polar surface area (TPSA) is 66.9 Å². The molecule has 1 saturated heterocycles. The number of carbonyl (C=O) groups is 1. The van der Waals surface area contributed by atoms with Crippen molar-refractivity contribution in [2.45, 2.75) is 42.7 Å². The summed E-state index contributed by atoms with van der Waals surface area (Å²) in [5.41, 5.74) is 2.87. The highest BCUT2D eigenvalue weighted by Gasteiger charge is 2.65. The molecule has 0 N–H and O–H groups in total. The van der Waals surface area contributed by atoms with Gasteiger partial charge in [-0.15, -0.1) is 0 Å². The minimum Gasteiger partial charge on any atom is -0.497 e. The third kappa shape index (κ3) is 4.09. The number of methoxy groups -OCH3 is 1. The minimum atomic E-state index is -4.04. The van der Waals surface area contributed by atoms with Crippen LogP contribution in [0.2, 0.25) is 0 Å². The predicted octanol–water partition coefficient (Wildman–Crippen LogP) is 5.93. The maximum absolute atomic E-state index is 14.5. The molecule has 2 aliphatic heterocycles. The first-order valence-electron chi connectivity index (χ1n) is 13.3. The van der Waals surface area contributed by atoms with Crippen LogP contribution in [0.4, 0.5) is 5.69 Å². The van der Waals surface area contributed by atoms with Crippen molar-refractivity contribution >= 4 is 49.8 Å². The van der Waals surface area contributed by atoms with Crippen LogP contribution in [0.5, 0.6) is 5.75 Å². The van der Waals surface area contributed by atoms with Crippen molar-refractivity contribution in [3.05, 3.63) is 102 Å². The Bertz CT molecular complexity index is 1600. The van der Waals surface area contributed by atoms with E-state index in [0.717, 1.165) is 21.8 Å². The van der Waals surface area contributed by atoms with Crippen LogP contribution in [0.25, 0.3) is 0 Å². The summed E-state index contributed by atoms with van der Waals surface area (Å²) in [7, 11) is -2.49. The van der Waals surface area contributed by atoms with Crippen LogP contribution in [-0.2, 0) is 26.8 Å². The summed E-state index contributed by atoms with van der Waals surface area (Å²) in [6.07, 6.45) is 3.06. The second-order valence-corrected chi connectivity index (χ2v) is 13.8. The molecule has 0 radical (unpaired) electrons. The summed E-state index contributed by atoms with van der Waals surface area (Å²) in [6, 6.07) is 23.6. The van der Waals surface area contributed by atoms with Crippen LogP contribution in [0.3, 0.4) is 0 Å². The van der Waals surface area contributed by atoms with Crippen LogP contribution in [0.1, 0.15) is 30.9 Å². The summed E-state index contributed by atoms with van der Waals surface area (Å²) in [5.74, 6) is 0.682. The van der Waals surface area contributed by atoms with Gasteiger partial charge in [0.2, 0.25) is 0 Å². The number of anilines is 1. The van der Waals surface area contributed by atoms with E-state index in [1.54, 1.807) is 31.4 Å². The number of thioether (sulfide) groups is 1. The number of thiocarbonyl (C=S) groups is 1. The highest BCUT2D eigenvalue weighted by atomic mass is 32.2. The maximum atomic E-state index is 14.5. The molecule has 2 heterocycles. The van der Waals surface area contributed by atoms with E-state index in [-0.39, 0.29) is 10.0 Å². The number of nitrogens with zero attached hydrogens (tertiary/aromatic N) is 2. The molecule has 206 valence electrons. The highest BCUT2D eigenvalue weighted by Crippen LogP contribution is 2.62. The lowest BCUT2D eigenvalue weighted by atomic mass is 9.66. The molecule has 6 rings (SSSR count). The number of allylic oxidation sites excluding steroid dienone is 1. The van der Waals surface area contributed by atoms with Gasteiger partial charge < -0.3 is 9.64 Å². The van der Waals surface area contributed by atoms with Crippen LogP contribution in [-0.4, -0.2) is 42.3 Å². The lowest BCUT2D eigenvalue weighted by Crippen LogP contribution is -2.55. The predicted molar refractivity (Wildman–Crippen MR) is 163 cm³/mol. The fourth-order valence-electron chi connectivity index (χ4n) is 6.56. The van der Waals surface area contributed by atoms with Crippen molar-refractivity contribution in [2.24, 2.45) is 5.92 Å². The van der Waals surface area contributed by atoms with Gasteiger partial charge in [0.25, 0.3) is 10.0 Å². The fourth-order valence-corrected chi connectivity index (χ4v) is 9.43. The molecule has 3 aliphatic rings. The Balaban J connectivity index is 1.55. The van der Waals surface area contributed by atoms with Crippen molar-refractivity contribution in [3.63, 3.8) is 0 Å². The number of sulfonamides is 1. The third-order valence-electron chi connectivity index (χ3n) is 8.19. The Morgan fingerprint density at radius 1 is 1.05 bits per heavy atom. The smallest absolute Gasteiger partial charge is 0.264 e. The van der Waals surface area contributed by atoms with Gasteiger partial charge in [0.05, 0.1) is 40.1 Å². The third-order valence-corrected chi connectivity index (χ3v) is 11.2. The number of rotatable bonds is 7. The molecule has 6 nitrogen and oxygen atoms in total. The van der Waals surface area contributed by atoms with Crippen LogP contribution >= 0.6 is 24.0 Å². The number of para-hydroxylation sites is 1. The van der Waals surface area contributed by atoms with E-state index in [1.165, 1.54) is 16.1 Å². The molecular formula is C31H30N2O4S3. The monoisotopic (exact) mass is 590 g/mol. The van der Waals surface area contributed by atoms with Crippen LogP contribution in [0.15, 0.2) is 95.5 Å². The standard InChI is InChI=1S/C31H30N2O4S3/c1-3-39-30(34)24-17-18-27-31(19-28(38)32(27)20-21-9-5-4-6-10-21)25-11-7-8-12-26(25)33(29(24)31)40(35,36)23-15-13-22(37-2)14-16-23/h4-16,18,24,29H,3,17,19-20H2,1-2H3/t24-,29+,31-/m1/s1. The van der Waals surface area contributed by atoms with Gasteiger partial charge in [-0.05, 0) is 53.6 Å². The molecule has 0 unspecified atom stereocenters. The number of hydrogen-bond donors (Lipinski definition) is 0. The molecule has 0 amide bonds. The summed E-state index contributed by atoms with van der Waals surface area (Å²) < 4.78 is 35.8. The lowest BCUT2D eigenvalue weighted by molar-refractivity contribution is -0.115. The number of ether oxygens (including phenoxy) is 1. The van der Waals surface area contributed by atoms with E-state index in [2.05, 4.69) is 23.1 Å². The molecule has 1 aliphatic carbocycles. The van der Waals surface area contributed by atoms with Crippen molar-refractivity contribution < 1.29 is 17.9 Å². The average molecular weight is 591 g/mol. The summed E-state index contributed by atoms with van der Waals surface area (Å²) >= 11 is 7.29. The zero-order valence-electron chi connectivity index (χ0n) is 22.3. The number of carbonyl (C=O) groups excluding carboxylic acids is 1. The van der Waals surface area contributed by atoms with Crippen molar-refractivity contribution in [2.75, 3.05) is 17.2 Å². The van der Waals surface area contributed by atoms with Gasteiger partial charge in [-0.2, -0.15) is 0 Å². The average Bonchev–Trinajstić information content (AvgIpc) is 3.43. The Morgan fingerprint density at radius 2 is 1.75 bits per heavy atom. The second kappa shape index (κ2) is 10.4. The molecular weight excluding hydrogens is 561 g/mol. The van der Waals surface area contributed by atoms with Gasteiger partial charge in [0.1, 0.15) is 5.75 Å². The Labute approximate surface area is 245 Å². The molecule has 0 bridgehead atoms. The van der Waals surface area contributed by atoms with Gasteiger partial charge >= 0.3 is 0 Å². The maximum Gasteiger partial charge on any atom is 0.264 e. The van der Waals surface area contributed by atoms with E-state index in [4.69, 9.17) is 17.0 Å². The van der Waals surface area contributed by atoms with E-state index >= 15 is 0 Å². The molecule has 1 fully saturated rings. The van der Waals surface area contributed by atoms with E-state index < -0.39 is 27.4 Å².